The lowest BCUT2D eigenvalue weighted by Crippen LogP contribution is -2.34. The van der Waals surface area contributed by atoms with Crippen molar-refractivity contribution in [1.82, 2.24) is 4.57 Å². The molecule has 0 aliphatic carbocycles. The normalized spacial score (nSPS) is 13.4. The fourth-order valence-electron chi connectivity index (χ4n) is 2.82. The van der Waals surface area contributed by atoms with Gasteiger partial charge in [0.1, 0.15) is 6.54 Å². The molecule has 2 heterocycles. The molecule has 0 saturated heterocycles. The van der Waals surface area contributed by atoms with Crippen molar-refractivity contribution in [2.24, 2.45) is 0 Å². The van der Waals surface area contributed by atoms with Gasteiger partial charge in [0.05, 0.1) is 5.56 Å². The second kappa shape index (κ2) is 7.26. The summed E-state index contributed by atoms with van der Waals surface area (Å²) in [6, 6.07) is 8.69. The van der Waals surface area contributed by atoms with Crippen LogP contribution in [0.15, 0.2) is 47.4 Å². The number of alkyl halides is 3. The van der Waals surface area contributed by atoms with E-state index < -0.39 is 42.3 Å². The summed E-state index contributed by atoms with van der Waals surface area (Å²) in [7, 11) is 0. The molecule has 0 unspecified atom stereocenters. The number of pyridine rings is 1. The largest absolute Gasteiger partial charge is 0.454 e. The highest BCUT2D eigenvalue weighted by atomic mass is 19.4. The van der Waals surface area contributed by atoms with Crippen molar-refractivity contribution in [3.63, 3.8) is 0 Å². The number of aromatic nitrogens is 1. The first kappa shape index (κ1) is 18.7. The monoisotopic (exact) mass is 380 g/mol. The van der Waals surface area contributed by atoms with Crippen molar-refractivity contribution >= 4 is 17.6 Å². The molecule has 6 nitrogen and oxygen atoms in total. The molecule has 1 amide bonds. The second-order valence-corrected chi connectivity index (χ2v) is 5.97. The number of hydrogen-bond donors (Lipinski definition) is 0. The van der Waals surface area contributed by atoms with Gasteiger partial charge in [-0.2, -0.15) is 13.2 Å². The van der Waals surface area contributed by atoms with E-state index in [1.807, 2.05) is 12.1 Å². The number of fused-ring (bicyclic) bond motifs is 1. The number of hydrogen-bond acceptors (Lipinski definition) is 4. The lowest BCUT2D eigenvalue weighted by molar-refractivity contribution is -0.148. The van der Waals surface area contributed by atoms with E-state index in [0.717, 1.165) is 17.3 Å². The first-order valence-corrected chi connectivity index (χ1v) is 8.07. The van der Waals surface area contributed by atoms with Crippen molar-refractivity contribution in [2.45, 2.75) is 19.1 Å². The van der Waals surface area contributed by atoms with Gasteiger partial charge in [0.25, 0.3) is 11.5 Å². The SMILES string of the molecule is O=C(Cn1cc(C(F)(F)F)ccc1=O)OCC(=O)N1CCc2ccccc21. The number of halogens is 3. The van der Waals surface area contributed by atoms with Crippen LogP contribution in [0.5, 0.6) is 0 Å². The molecule has 0 N–H and O–H groups in total. The summed E-state index contributed by atoms with van der Waals surface area (Å²) in [5, 5.41) is 0. The highest BCUT2D eigenvalue weighted by Gasteiger charge is 2.31. The molecule has 2 aromatic rings. The molecular formula is C18H15F3N2O4. The Morgan fingerprint density at radius 3 is 2.59 bits per heavy atom. The number of nitrogens with zero attached hydrogens (tertiary/aromatic N) is 2. The van der Waals surface area contributed by atoms with E-state index in [4.69, 9.17) is 4.74 Å². The summed E-state index contributed by atoms with van der Waals surface area (Å²) in [6.07, 6.45) is -3.41. The predicted octanol–water partition coefficient (Wildman–Crippen LogP) is 2.00. The molecule has 0 spiro atoms. The van der Waals surface area contributed by atoms with E-state index in [0.29, 0.717) is 29.8 Å². The van der Waals surface area contributed by atoms with Crippen molar-refractivity contribution in [1.29, 1.82) is 0 Å². The molecule has 0 bridgehead atoms. The van der Waals surface area contributed by atoms with E-state index in [2.05, 4.69) is 0 Å². The van der Waals surface area contributed by atoms with E-state index in [-0.39, 0.29) is 0 Å². The Morgan fingerprint density at radius 2 is 1.85 bits per heavy atom. The van der Waals surface area contributed by atoms with Gasteiger partial charge in [0.15, 0.2) is 6.61 Å². The molecule has 142 valence electrons. The molecule has 9 heteroatoms. The van der Waals surface area contributed by atoms with Gasteiger partial charge in [-0.1, -0.05) is 18.2 Å². The molecule has 1 aromatic carbocycles. The molecule has 27 heavy (non-hydrogen) atoms. The Hall–Kier alpha value is -3.10. The number of carbonyl (C=O) groups excluding carboxylic acids is 2. The average molecular weight is 380 g/mol. The fourth-order valence-corrected chi connectivity index (χ4v) is 2.82. The van der Waals surface area contributed by atoms with E-state index in [1.165, 1.54) is 4.90 Å². The smallest absolute Gasteiger partial charge is 0.417 e. The number of carbonyl (C=O) groups is 2. The van der Waals surface area contributed by atoms with Gasteiger partial charge in [-0.05, 0) is 24.1 Å². The quantitative estimate of drug-likeness (QED) is 0.761. The Labute approximate surface area is 151 Å². The van der Waals surface area contributed by atoms with Gasteiger partial charge in [0.2, 0.25) is 0 Å². The summed E-state index contributed by atoms with van der Waals surface area (Å²) in [4.78, 5) is 37.2. The number of rotatable bonds is 4. The summed E-state index contributed by atoms with van der Waals surface area (Å²) >= 11 is 0. The van der Waals surface area contributed by atoms with Gasteiger partial charge in [-0.25, -0.2) is 0 Å². The number of ether oxygens (including phenoxy) is 1. The van der Waals surface area contributed by atoms with E-state index in [1.54, 1.807) is 12.1 Å². The molecule has 3 rings (SSSR count). The molecular weight excluding hydrogens is 365 g/mol. The lowest BCUT2D eigenvalue weighted by Gasteiger charge is -2.17. The maximum atomic E-state index is 12.7. The van der Waals surface area contributed by atoms with Crippen molar-refractivity contribution in [2.75, 3.05) is 18.1 Å². The van der Waals surface area contributed by atoms with Gasteiger partial charge in [-0.15, -0.1) is 0 Å². The summed E-state index contributed by atoms with van der Waals surface area (Å²) in [5.74, 6) is -1.41. The minimum absolute atomic E-state index is 0.440. The number of para-hydroxylation sites is 1. The van der Waals surface area contributed by atoms with E-state index in [9.17, 15) is 27.6 Å². The zero-order valence-corrected chi connectivity index (χ0v) is 14.0. The molecule has 1 aliphatic rings. The van der Waals surface area contributed by atoms with Crippen LogP contribution in [-0.2, 0) is 33.5 Å². The van der Waals surface area contributed by atoms with Crippen LogP contribution < -0.4 is 10.5 Å². The second-order valence-electron chi connectivity index (χ2n) is 5.97. The van der Waals surface area contributed by atoms with Gasteiger partial charge in [-0.3, -0.25) is 14.4 Å². The van der Waals surface area contributed by atoms with E-state index >= 15 is 0 Å². The number of benzene rings is 1. The van der Waals surface area contributed by atoms with Crippen molar-refractivity contribution in [3.05, 3.63) is 64.1 Å². The molecule has 1 aliphatic heterocycles. The maximum Gasteiger partial charge on any atom is 0.417 e. The summed E-state index contributed by atoms with van der Waals surface area (Å²) in [6.45, 7) is -0.809. The number of esters is 1. The third-order valence-electron chi connectivity index (χ3n) is 4.16. The first-order chi connectivity index (χ1) is 12.8. The van der Waals surface area contributed by atoms with Crippen LogP contribution in [0.3, 0.4) is 0 Å². The molecule has 0 saturated carbocycles. The zero-order valence-electron chi connectivity index (χ0n) is 14.0. The summed E-state index contributed by atoms with van der Waals surface area (Å²) in [5.41, 5.74) is -0.0836. The van der Waals surface area contributed by atoms with Gasteiger partial charge < -0.3 is 14.2 Å². The summed E-state index contributed by atoms with van der Waals surface area (Å²) < 4.78 is 43.6. The van der Waals surface area contributed by atoms with Crippen LogP contribution in [0.1, 0.15) is 11.1 Å². The Morgan fingerprint density at radius 1 is 1.11 bits per heavy atom. The molecule has 1 aromatic heterocycles. The standard InChI is InChI=1S/C18H15F3N2O4/c19-18(20,21)13-5-6-15(24)22(9-13)10-17(26)27-11-16(25)23-8-7-12-3-1-2-4-14(12)23/h1-6,9H,7-8,10-11H2. The average Bonchev–Trinajstić information content (AvgIpc) is 3.05. The Kier molecular flexibility index (Phi) is 5.02. The highest BCUT2D eigenvalue weighted by Crippen LogP contribution is 2.28. The molecule has 0 atom stereocenters. The van der Waals surface area contributed by atoms with Gasteiger partial charge in [0, 0.05) is 24.5 Å². The minimum atomic E-state index is -4.64. The fraction of sp³-hybridized carbons (Fsp3) is 0.278. The third kappa shape index (κ3) is 4.18. The zero-order chi connectivity index (χ0) is 19.6. The van der Waals surface area contributed by atoms with Crippen LogP contribution in [0, 0.1) is 0 Å². The van der Waals surface area contributed by atoms with Crippen molar-refractivity contribution < 1.29 is 27.5 Å². The minimum Gasteiger partial charge on any atom is -0.454 e. The highest BCUT2D eigenvalue weighted by molar-refractivity contribution is 5.97. The maximum absolute atomic E-state index is 12.7. The van der Waals surface area contributed by atoms with Crippen molar-refractivity contribution in [3.8, 4) is 0 Å². The topological polar surface area (TPSA) is 68.6 Å². The van der Waals surface area contributed by atoms with Crippen LogP contribution >= 0.6 is 0 Å². The van der Waals surface area contributed by atoms with Crippen LogP contribution in [0.4, 0.5) is 18.9 Å². The number of anilines is 1. The van der Waals surface area contributed by atoms with Crippen LogP contribution in [0.25, 0.3) is 0 Å². The lowest BCUT2D eigenvalue weighted by atomic mass is 10.2. The van der Waals surface area contributed by atoms with Crippen LogP contribution in [0.2, 0.25) is 0 Å². The molecule has 0 radical (unpaired) electrons. The molecule has 0 fully saturated rings. The third-order valence-corrected chi connectivity index (χ3v) is 4.16. The van der Waals surface area contributed by atoms with Crippen LogP contribution in [-0.4, -0.2) is 29.6 Å². The van der Waals surface area contributed by atoms with Gasteiger partial charge >= 0.3 is 12.1 Å². The Balaban J connectivity index is 1.61. The first-order valence-electron chi connectivity index (χ1n) is 8.07. The predicted molar refractivity (Wildman–Crippen MR) is 89.2 cm³/mol. The Bertz CT molecular complexity index is 937. The number of amides is 1.